The van der Waals surface area contributed by atoms with Crippen LogP contribution in [0.3, 0.4) is 0 Å². The molecule has 1 aliphatic heterocycles. The van der Waals surface area contributed by atoms with Crippen molar-refractivity contribution in [3.05, 3.63) is 29.0 Å². The second-order valence-corrected chi connectivity index (χ2v) is 7.26. The summed E-state index contributed by atoms with van der Waals surface area (Å²) in [5, 5.41) is 0. The lowest BCUT2D eigenvalue weighted by molar-refractivity contribution is 0.100. The van der Waals surface area contributed by atoms with E-state index < -0.39 is 0 Å². The van der Waals surface area contributed by atoms with E-state index in [-0.39, 0.29) is 0 Å². The molecule has 0 atom stereocenters. The standard InChI is InChI=1S/C18H28N4S/c1-4-21-16-7-5-6-8-17(16)22(18(21)23)14-20-11-9-19(10-12-20)13-15(2)3/h5-8,15H,4,9-14H2,1-3H3. The van der Waals surface area contributed by atoms with Crippen LogP contribution in [0.2, 0.25) is 0 Å². The van der Waals surface area contributed by atoms with Crippen LogP contribution in [0.1, 0.15) is 20.8 Å². The molecule has 0 saturated carbocycles. The number of nitrogens with zero attached hydrogens (tertiary/aromatic N) is 4. The highest BCUT2D eigenvalue weighted by atomic mass is 32.1. The molecule has 126 valence electrons. The molecule has 0 radical (unpaired) electrons. The zero-order valence-electron chi connectivity index (χ0n) is 14.5. The maximum atomic E-state index is 5.73. The minimum Gasteiger partial charge on any atom is -0.317 e. The van der Waals surface area contributed by atoms with Crippen molar-refractivity contribution < 1.29 is 0 Å². The zero-order chi connectivity index (χ0) is 16.4. The molecule has 1 aromatic heterocycles. The molecule has 1 aromatic carbocycles. The minimum absolute atomic E-state index is 0.748. The first-order valence-corrected chi connectivity index (χ1v) is 9.13. The Hall–Kier alpha value is -1.17. The Morgan fingerprint density at radius 2 is 1.52 bits per heavy atom. The van der Waals surface area contributed by atoms with E-state index in [2.05, 4.69) is 64.0 Å². The van der Waals surface area contributed by atoms with Gasteiger partial charge in [-0.3, -0.25) is 4.90 Å². The third-order valence-electron chi connectivity index (χ3n) is 4.67. The molecular formula is C18H28N4S. The molecule has 3 rings (SSSR count). The largest absolute Gasteiger partial charge is 0.317 e. The van der Waals surface area contributed by atoms with Crippen molar-refractivity contribution in [1.82, 2.24) is 18.9 Å². The molecule has 23 heavy (non-hydrogen) atoms. The normalized spacial score (nSPS) is 17.4. The smallest absolute Gasteiger partial charge is 0.181 e. The number of piperazine rings is 1. The van der Waals surface area contributed by atoms with Gasteiger partial charge in [0.15, 0.2) is 4.77 Å². The maximum Gasteiger partial charge on any atom is 0.181 e. The van der Waals surface area contributed by atoms with E-state index in [1.54, 1.807) is 0 Å². The van der Waals surface area contributed by atoms with E-state index in [0.29, 0.717) is 0 Å². The van der Waals surface area contributed by atoms with Crippen LogP contribution < -0.4 is 0 Å². The van der Waals surface area contributed by atoms with Crippen LogP contribution >= 0.6 is 12.2 Å². The van der Waals surface area contributed by atoms with Crippen molar-refractivity contribution in [3.8, 4) is 0 Å². The summed E-state index contributed by atoms with van der Waals surface area (Å²) >= 11 is 5.73. The van der Waals surface area contributed by atoms with E-state index in [4.69, 9.17) is 12.2 Å². The van der Waals surface area contributed by atoms with Gasteiger partial charge in [-0.25, -0.2) is 0 Å². The average molecular weight is 333 g/mol. The van der Waals surface area contributed by atoms with Crippen LogP contribution in [0.5, 0.6) is 0 Å². The molecule has 0 unspecified atom stereocenters. The predicted molar refractivity (Wildman–Crippen MR) is 99.3 cm³/mol. The zero-order valence-corrected chi connectivity index (χ0v) is 15.4. The van der Waals surface area contributed by atoms with Crippen LogP contribution in [0, 0.1) is 10.7 Å². The predicted octanol–water partition coefficient (Wildman–Crippen LogP) is 3.42. The third-order valence-corrected chi connectivity index (χ3v) is 5.11. The lowest BCUT2D eigenvalue weighted by atomic mass is 10.2. The highest BCUT2D eigenvalue weighted by Crippen LogP contribution is 2.19. The van der Waals surface area contributed by atoms with Crippen LogP contribution in [0.4, 0.5) is 0 Å². The molecule has 0 N–H and O–H groups in total. The van der Waals surface area contributed by atoms with E-state index >= 15 is 0 Å². The van der Waals surface area contributed by atoms with E-state index in [0.717, 1.165) is 50.1 Å². The highest BCUT2D eigenvalue weighted by Gasteiger charge is 2.19. The molecule has 2 heterocycles. The molecule has 0 amide bonds. The summed E-state index contributed by atoms with van der Waals surface area (Å²) in [6, 6.07) is 8.56. The molecular weight excluding hydrogens is 304 g/mol. The lowest BCUT2D eigenvalue weighted by Gasteiger charge is -2.35. The van der Waals surface area contributed by atoms with Crippen molar-refractivity contribution in [2.75, 3.05) is 32.7 Å². The van der Waals surface area contributed by atoms with Crippen LogP contribution in [0.15, 0.2) is 24.3 Å². The van der Waals surface area contributed by atoms with Crippen molar-refractivity contribution in [2.24, 2.45) is 5.92 Å². The number of aryl methyl sites for hydroxylation is 1. The number of imidazole rings is 1. The fourth-order valence-corrected chi connectivity index (χ4v) is 3.93. The van der Waals surface area contributed by atoms with Crippen LogP contribution in [0.25, 0.3) is 11.0 Å². The van der Waals surface area contributed by atoms with E-state index in [9.17, 15) is 0 Å². The SMILES string of the molecule is CCn1c(=S)n(CN2CCN(CC(C)C)CC2)c2ccccc21. The quantitative estimate of drug-likeness (QED) is 0.781. The van der Waals surface area contributed by atoms with E-state index in [1.807, 2.05) is 0 Å². The Labute approximate surface area is 144 Å². The van der Waals surface area contributed by atoms with Gasteiger partial charge >= 0.3 is 0 Å². The summed E-state index contributed by atoms with van der Waals surface area (Å²) in [5.74, 6) is 0.748. The van der Waals surface area contributed by atoms with Gasteiger partial charge in [0.2, 0.25) is 0 Å². The van der Waals surface area contributed by atoms with Crippen molar-refractivity contribution in [1.29, 1.82) is 0 Å². The Morgan fingerprint density at radius 3 is 2.09 bits per heavy atom. The molecule has 5 heteroatoms. The second kappa shape index (κ2) is 7.16. The third kappa shape index (κ3) is 3.52. The summed E-state index contributed by atoms with van der Waals surface area (Å²) in [4.78, 5) is 5.11. The van der Waals surface area contributed by atoms with Crippen molar-refractivity contribution >= 4 is 23.3 Å². The summed E-state index contributed by atoms with van der Waals surface area (Å²) < 4.78 is 5.48. The van der Waals surface area contributed by atoms with Crippen LogP contribution in [-0.4, -0.2) is 51.7 Å². The Morgan fingerprint density at radius 1 is 0.957 bits per heavy atom. The number of rotatable bonds is 5. The number of para-hydroxylation sites is 2. The minimum atomic E-state index is 0.748. The maximum absolute atomic E-state index is 5.73. The van der Waals surface area contributed by atoms with Gasteiger partial charge in [-0.2, -0.15) is 0 Å². The molecule has 0 aliphatic carbocycles. The van der Waals surface area contributed by atoms with Gasteiger partial charge in [0.05, 0.1) is 17.7 Å². The average Bonchev–Trinajstić information content (AvgIpc) is 2.81. The highest BCUT2D eigenvalue weighted by molar-refractivity contribution is 7.71. The van der Waals surface area contributed by atoms with Gasteiger partial charge in [0.1, 0.15) is 0 Å². The van der Waals surface area contributed by atoms with Crippen molar-refractivity contribution in [2.45, 2.75) is 34.0 Å². The van der Waals surface area contributed by atoms with Gasteiger partial charge in [0.25, 0.3) is 0 Å². The Kier molecular flexibility index (Phi) is 5.19. The molecule has 0 spiro atoms. The van der Waals surface area contributed by atoms with E-state index in [1.165, 1.54) is 17.6 Å². The summed E-state index contributed by atoms with van der Waals surface area (Å²) in [6.07, 6.45) is 0. The molecule has 1 fully saturated rings. The lowest BCUT2D eigenvalue weighted by Crippen LogP contribution is -2.47. The Bertz CT molecular complexity index is 707. The monoisotopic (exact) mass is 332 g/mol. The van der Waals surface area contributed by atoms with Crippen LogP contribution in [-0.2, 0) is 13.2 Å². The number of hydrogen-bond acceptors (Lipinski definition) is 3. The Balaban J connectivity index is 1.76. The molecule has 0 bridgehead atoms. The van der Waals surface area contributed by atoms with Gasteiger partial charge < -0.3 is 14.0 Å². The fraction of sp³-hybridized carbons (Fsp3) is 0.611. The molecule has 2 aromatic rings. The van der Waals surface area contributed by atoms with Gasteiger partial charge in [-0.15, -0.1) is 0 Å². The van der Waals surface area contributed by atoms with Crippen molar-refractivity contribution in [3.63, 3.8) is 0 Å². The first-order chi connectivity index (χ1) is 11.1. The number of fused-ring (bicyclic) bond motifs is 1. The topological polar surface area (TPSA) is 16.3 Å². The first kappa shape index (κ1) is 16.7. The molecule has 4 nitrogen and oxygen atoms in total. The first-order valence-electron chi connectivity index (χ1n) is 8.73. The fourth-order valence-electron chi connectivity index (χ4n) is 3.54. The number of aromatic nitrogens is 2. The second-order valence-electron chi connectivity index (χ2n) is 6.90. The number of benzene rings is 1. The van der Waals surface area contributed by atoms with Gasteiger partial charge in [-0.1, -0.05) is 26.0 Å². The molecule has 1 saturated heterocycles. The van der Waals surface area contributed by atoms with Gasteiger partial charge in [-0.05, 0) is 37.2 Å². The van der Waals surface area contributed by atoms with Gasteiger partial charge in [0, 0.05) is 39.3 Å². The number of hydrogen-bond donors (Lipinski definition) is 0. The summed E-state index contributed by atoms with van der Waals surface area (Å²) in [7, 11) is 0. The summed E-state index contributed by atoms with van der Waals surface area (Å²) in [6.45, 7) is 14.4. The molecule has 1 aliphatic rings. The summed E-state index contributed by atoms with van der Waals surface area (Å²) in [5.41, 5.74) is 2.50.